The lowest BCUT2D eigenvalue weighted by molar-refractivity contribution is 0.00670. The summed E-state index contributed by atoms with van der Waals surface area (Å²) < 4.78 is 26.3. The highest BCUT2D eigenvalue weighted by Gasteiger charge is 2.45. The first-order valence-corrected chi connectivity index (χ1v) is 13.4. The van der Waals surface area contributed by atoms with Crippen molar-refractivity contribution in [2.75, 3.05) is 18.0 Å². The molecule has 2 aromatic carbocycles. The first kappa shape index (κ1) is 26.6. The second-order valence-corrected chi connectivity index (χ2v) is 11.0. The number of pyridine rings is 1. The number of rotatable bonds is 8. The molecular formula is C29H24Cl2FN3O5. The first-order valence-electron chi connectivity index (χ1n) is 12.7. The van der Waals surface area contributed by atoms with E-state index in [-0.39, 0.29) is 31.1 Å². The highest BCUT2D eigenvalue weighted by molar-refractivity contribution is 6.33. The van der Waals surface area contributed by atoms with Gasteiger partial charge in [0.2, 0.25) is 0 Å². The molecule has 206 valence electrons. The predicted octanol–water partition coefficient (Wildman–Crippen LogP) is 6.35. The summed E-state index contributed by atoms with van der Waals surface area (Å²) in [7, 11) is 0. The van der Waals surface area contributed by atoms with Crippen molar-refractivity contribution in [2.45, 2.75) is 37.9 Å². The van der Waals surface area contributed by atoms with Crippen LogP contribution in [0.4, 0.5) is 10.2 Å². The molecule has 6 rings (SSSR count). The number of carboxylic acid groups (broad SMARTS) is 1. The smallest absolute Gasteiger partial charge is 0.337 e. The number of carboxylic acids is 1. The number of aryl methyl sites for hydroxylation is 1. The zero-order chi connectivity index (χ0) is 28.2. The Hall–Kier alpha value is -3.66. The molecule has 4 aromatic rings. The van der Waals surface area contributed by atoms with Gasteiger partial charge in [0.05, 0.1) is 34.3 Å². The van der Waals surface area contributed by atoms with Gasteiger partial charge in [0.15, 0.2) is 11.6 Å². The number of aliphatic hydroxyl groups is 1. The van der Waals surface area contributed by atoms with Gasteiger partial charge in [-0.25, -0.2) is 14.2 Å². The van der Waals surface area contributed by atoms with Gasteiger partial charge in [-0.1, -0.05) is 46.6 Å². The van der Waals surface area contributed by atoms with Gasteiger partial charge < -0.3 is 24.4 Å². The minimum absolute atomic E-state index is 0.0319. The molecule has 1 aliphatic carbocycles. The lowest BCUT2D eigenvalue weighted by atomic mass is 9.86. The van der Waals surface area contributed by atoms with E-state index in [9.17, 15) is 14.3 Å². The summed E-state index contributed by atoms with van der Waals surface area (Å²) in [6, 6.07) is 11.6. The van der Waals surface area contributed by atoms with Crippen LogP contribution in [-0.2, 0) is 12.2 Å². The molecule has 0 amide bonds. The number of halogens is 3. The van der Waals surface area contributed by atoms with E-state index in [2.05, 4.69) is 10.1 Å². The zero-order valence-electron chi connectivity index (χ0n) is 21.3. The molecule has 0 atom stereocenters. The Morgan fingerprint density at radius 1 is 1.20 bits per heavy atom. The van der Waals surface area contributed by atoms with E-state index in [4.69, 9.17) is 37.6 Å². The van der Waals surface area contributed by atoms with Crippen LogP contribution in [0.1, 0.15) is 51.6 Å². The van der Waals surface area contributed by atoms with Gasteiger partial charge in [-0.05, 0) is 49.6 Å². The molecule has 11 heteroatoms. The van der Waals surface area contributed by atoms with E-state index in [1.165, 1.54) is 4.90 Å². The number of β-amino-alcohol motifs (C(OH)–C–C–N with tert-alkyl or cyclic N) is 1. The number of ether oxygens (including phenoxy) is 1. The van der Waals surface area contributed by atoms with Crippen LogP contribution in [-0.4, -0.2) is 39.4 Å². The highest BCUT2D eigenvalue weighted by Crippen LogP contribution is 2.46. The average Bonchev–Trinajstić information content (AvgIpc) is 3.66. The predicted molar refractivity (Wildman–Crippen MR) is 147 cm³/mol. The van der Waals surface area contributed by atoms with Crippen LogP contribution in [0.15, 0.2) is 53.2 Å². The van der Waals surface area contributed by atoms with E-state index in [0.29, 0.717) is 33.0 Å². The van der Waals surface area contributed by atoms with Crippen molar-refractivity contribution in [3.05, 3.63) is 92.5 Å². The van der Waals surface area contributed by atoms with Crippen LogP contribution in [0.5, 0.6) is 5.75 Å². The first-order chi connectivity index (χ1) is 19.1. The summed E-state index contributed by atoms with van der Waals surface area (Å²) in [5.41, 5.74) is 2.18. The minimum atomic E-state index is -1.34. The van der Waals surface area contributed by atoms with Crippen molar-refractivity contribution >= 4 is 35.0 Å². The van der Waals surface area contributed by atoms with Crippen molar-refractivity contribution in [3.8, 4) is 17.0 Å². The third kappa shape index (κ3) is 4.78. The Labute approximate surface area is 238 Å². The lowest BCUT2D eigenvalue weighted by Gasteiger charge is -2.47. The van der Waals surface area contributed by atoms with E-state index < -0.39 is 17.4 Å². The Morgan fingerprint density at radius 2 is 1.98 bits per heavy atom. The summed E-state index contributed by atoms with van der Waals surface area (Å²) in [6.45, 7) is 2.24. The maximum Gasteiger partial charge on any atom is 0.337 e. The summed E-state index contributed by atoms with van der Waals surface area (Å²) in [5, 5.41) is 25.4. The number of hydrogen-bond acceptors (Lipinski definition) is 7. The third-order valence-corrected chi connectivity index (χ3v) is 7.95. The van der Waals surface area contributed by atoms with Gasteiger partial charge in [-0.15, -0.1) is 0 Å². The van der Waals surface area contributed by atoms with E-state index in [1.807, 2.05) is 25.1 Å². The minimum Gasteiger partial charge on any atom is -0.489 e. The second kappa shape index (κ2) is 10.1. The van der Waals surface area contributed by atoms with Crippen LogP contribution >= 0.6 is 23.2 Å². The Morgan fingerprint density at radius 3 is 2.62 bits per heavy atom. The summed E-state index contributed by atoms with van der Waals surface area (Å²) in [4.78, 5) is 16.5. The number of carbonyl (C=O) groups is 1. The molecular weight excluding hydrogens is 560 g/mol. The lowest BCUT2D eigenvalue weighted by Crippen LogP contribution is -2.60. The standard InChI is InChI=1S/C29H24Cl2FN3O5/c1-15-3-2-4-21(30)24(15)25-19(26(40-34-25)16-5-6-16)12-39-18-7-8-20(22(31)10-18)29(38)13-35(14-29)27-23(32)9-17(11-33-27)28(36)37/h2-4,7-11,16,38H,5-6,12-14H2,1H3,(H,36,37). The third-order valence-electron chi connectivity index (χ3n) is 7.32. The van der Waals surface area contributed by atoms with E-state index in [0.717, 1.165) is 47.6 Å². The van der Waals surface area contributed by atoms with Crippen LogP contribution in [0.25, 0.3) is 11.3 Å². The van der Waals surface area contributed by atoms with E-state index in [1.54, 1.807) is 18.2 Å². The Balaban J connectivity index is 1.19. The molecule has 1 saturated carbocycles. The van der Waals surface area contributed by atoms with Crippen molar-refractivity contribution in [1.82, 2.24) is 10.1 Å². The quantitative estimate of drug-likeness (QED) is 0.247. The topological polar surface area (TPSA) is 109 Å². The van der Waals surface area contributed by atoms with Crippen molar-refractivity contribution < 1.29 is 28.7 Å². The van der Waals surface area contributed by atoms with Crippen LogP contribution in [0, 0.1) is 12.7 Å². The largest absolute Gasteiger partial charge is 0.489 e. The van der Waals surface area contributed by atoms with Gasteiger partial charge in [0.1, 0.15) is 29.4 Å². The maximum absolute atomic E-state index is 14.4. The van der Waals surface area contributed by atoms with Crippen LogP contribution in [0.2, 0.25) is 10.0 Å². The van der Waals surface area contributed by atoms with Crippen molar-refractivity contribution in [2.24, 2.45) is 0 Å². The van der Waals surface area contributed by atoms with Crippen LogP contribution < -0.4 is 9.64 Å². The SMILES string of the molecule is Cc1cccc(Cl)c1-c1noc(C2CC2)c1COc1ccc(C2(O)CN(c3ncc(C(=O)O)cc3F)C2)c(Cl)c1. The number of benzene rings is 2. The fraction of sp³-hybridized carbons (Fsp3) is 0.276. The summed E-state index contributed by atoms with van der Waals surface area (Å²) in [5.74, 6) is -0.467. The number of aromatic carboxylic acids is 1. The van der Waals surface area contributed by atoms with Gasteiger partial charge in [0, 0.05) is 23.2 Å². The molecule has 0 spiro atoms. The molecule has 40 heavy (non-hydrogen) atoms. The van der Waals surface area contributed by atoms with Gasteiger partial charge in [-0.3, -0.25) is 0 Å². The Bertz CT molecular complexity index is 1610. The fourth-order valence-corrected chi connectivity index (χ4v) is 5.72. The van der Waals surface area contributed by atoms with Gasteiger partial charge in [0.25, 0.3) is 0 Å². The Kier molecular flexibility index (Phi) is 6.68. The highest BCUT2D eigenvalue weighted by atomic mass is 35.5. The molecule has 2 N–H and O–H groups in total. The second-order valence-electron chi connectivity index (χ2n) is 10.2. The van der Waals surface area contributed by atoms with Gasteiger partial charge >= 0.3 is 5.97 Å². The molecule has 0 unspecified atom stereocenters. The number of aromatic nitrogens is 2. The molecule has 2 fully saturated rings. The van der Waals surface area contributed by atoms with Gasteiger partial charge in [-0.2, -0.15) is 0 Å². The maximum atomic E-state index is 14.4. The number of nitrogens with zero attached hydrogens (tertiary/aromatic N) is 3. The van der Waals surface area contributed by atoms with Crippen molar-refractivity contribution in [1.29, 1.82) is 0 Å². The van der Waals surface area contributed by atoms with Crippen molar-refractivity contribution in [3.63, 3.8) is 0 Å². The molecule has 3 heterocycles. The summed E-state index contributed by atoms with van der Waals surface area (Å²) in [6.07, 6.45) is 3.14. The van der Waals surface area contributed by atoms with E-state index >= 15 is 0 Å². The number of anilines is 1. The molecule has 0 bridgehead atoms. The fourth-order valence-electron chi connectivity index (χ4n) is 5.06. The van der Waals surface area contributed by atoms with Crippen LogP contribution in [0.3, 0.4) is 0 Å². The molecule has 2 aromatic heterocycles. The summed E-state index contributed by atoms with van der Waals surface area (Å²) >= 11 is 13.1. The average molecular weight is 584 g/mol. The molecule has 0 radical (unpaired) electrons. The monoisotopic (exact) mass is 583 g/mol. The zero-order valence-corrected chi connectivity index (χ0v) is 22.8. The molecule has 1 saturated heterocycles. The number of hydrogen-bond donors (Lipinski definition) is 2. The normalized spacial score (nSPS) is 16.1. The molecule has 1 aliphatic heterocycles. The molecule has 2 aliphatic rings. The molecule has 8 nitrogen and oxygen atoms in total.